The molecular weight excluding hydrogens is 354 g/mol. The van der Waals surface area contributed by atoms with Gasteiger partial charge in [0.1, 0.15) is 4.90 Å². The van der Waals surface area contributed by atoms with Crippen LogP contribution in [0.25, 0.3) is 0 Å². The molecule has 0 aliphatic carbocycles. The summed E-state index contributed by atoms with van der Waals surface area (Å²) in [6.07, 6.45) is 1.66. The van der Waals surface area contributed by atoms with Gasteiger partial charge in [-0.2, -0.15) is 0 Å². The topological polar surface area (TPSA) is 63.1 Å². The number of sulfonamides is 1. The maximum absolute atomic E-state index is 12.4. The smallest absolute Gasteiger partial charge is 0.263 e. The van der Waals surface area contributed by atoms with Gasteiger partial charge in [-0.05, 0) is 44.3 Å². The van der Waals surface area contributed by atoms with Crippen molar-refractivity contribution in [3.05, 3.63) is 46.7 Å². The molecule has 0 aliphatic rings. The number of benzene rings is 1. The predicted molar refractivity (Wildman–Crippen MR) is 87.8 cm³/mol. The second-order valence-electron chi connectivity index (χ2n) is 4.60. The largest absolute Gasteiger partial charge is 0.349 e. The van der Waals surface area contributed by atoms with Gasteiger partial charge in [-0.3, -0.25) is 4.72 Å². The van der Waals surface area contributed by atoms with E-state index < -0.39 is 10.0 Å². The number of aryl methyl sites for hydroxylation is 1. The summed E-state index contributed by atoms with van der Waals surface area (Å²) in [4.78, 5) is 0.275. The maximum atomic E-state index is 12.4. The van der Waals surface area contributed by atoms with Gasteiger partial charge in [-0.15, -0.1) is 0 Å². The summed E-state index contributed by atoms with van der Waals surface area (Å²) in [7, 11) is -1.74. The van der Waals surface area contributed by atoms with E-state index in [2.05, 4.69) is 26.0 Å². The first-order valence-corrected chi connectivity index (χ1v) is 8.86. The number of hydrogen-bond acceptors (Lipinski definition) is 3. The zero-order valence-corrected chi connectivity index (χ0v) is 14.3. The minimum atomic E-state index is -3.57. The van der Waals surface area contributed by atoms with Gasteiger partial charge in [-0.25, -0.2) is 8.42 Å². The molecule has 0 fully saturated rings. The lowest BCUT2D eigenvalue weighted by molar-refractivity contribution is 0.600. The monoisotopic (exact) mass is 371 g/mol. The van der Waals surface area contributed by atoms with Crippen molar-refractivity contribution in [2.75, 3.05) is 11.8 Å². The molecule has 0 atom stereocenters. The van der Waals surface area contributed by atoms with Crippen molar-refractivity contribution >= 4 is 31.6 Å². The van der Waals surface area contributed by atoms with Gasteiger partial charge in [-0.1, -0.05) is 15.9 Å². The molecule has 1 aromatic carbocycles. The van der Waals surface area contributed by atoms with Crippen molar-refractivity contribution in [2.45, 2.75) is 24.9 Å². The van der Waals surface area contributed by atoms with Crippen molar-refractivity contribution in [3.63, 3.8) is 0 Å². The summed E-state index contributed by atoms with van der Waals surface area (Å²) in [6.45, 7) is 3.34. The van der Waals surface area contributed by atoms with Crippen LogP contribution in [0.5, 0.6) is 0 Å². The van der Waals surface area contributed by atoms with Gasteiger partial charge >= 0.3 is 0 Å². The van der Waals surface area contributed by atoms with E-state index in [1.54, 1.807) is 36.5 Å². The minimum absolute atomic E-state index is 0.275. The number of halogens is 1. The van der Waals surface area contributed by atoms with Crippen LogP contribution in [0, 0.1) is 0 Å². The maximum Gasteiger partial charge on any atom is 0.263 e. The number of nitrogens with zero attached hydrogens (tertiary/aromatic N) is 1. The van der Waals surface area contributed by atoms with Crippen LogP contribution in [-0.2, 0) is 23.1 Å². The molecule has 0 saturated heterocycles. The third-order valence-electron chi connectivity index (χ3n) is 3.07. The molecule has 0 unspecified atom stereocenters. The second kappa shape index (κ2) is 6.64. The van der Waals surface area contributed by atoms with Crippen molar-refractivity contribution in [1.29, 1.82) is 0 Å². The Bertz CT molecular complexity index is 708. The molecule has 0 aliphatic heterocycles. The molecule has 2 rings (SSSR count). The molecule has 2 N–H and O–H groups in total. The summed E-state index contributed by atoms with van der Waals surface area (Å²) in [5.41, 5.74) is 1.48. The Labute approximate surface area is 133 Å². The van der Waals surface area contributed by atoms with Crippen LogP contribution >= 0.6 is 15.9 Å². The normalized spacial score (nSPS) is 11.6. The number of rotatable bonds is 6. The summed E-state index contributed by atoms with van der Waals surface area (Å²) < 4.78 is 30.2. The highest BCUT2D eigenvalue weighted by Gasteiger charge is 2.18. The minimum Gasteiger partial charge on any atom is -0.349 e. The molecule has 1 aromatic heterocycles. The van der Waals surface area contributed by atoms with Crippen LogP contribution in [0.3, 0.4) is 0 Å². The molecule has 0 bridgehead atoms. The fourth-order valence-electron chi connectivity index (χ4n) is 2.03. The van der Waals surface area contributed by atoms with Crippen LogP contribution in [0.2, 0.25) is 0 Å². The van der Waals surface area contributed by atoms with E-state index in [-0.39, 0.29) is 4.90 Å². The quantitative estimate of drug-likeness (QED) is 0.820. The van der Waals surface area contributed by atoms with E-state index in [1.807, 2.05) is 18.5 Å². The van der Waals surface area contributed by atoms with E-state index in [1.165, 1.54) is 0 Å². The summed E-state index contributed by atoms with van der Waals surface area (Å²) in [6, 6.07) is 8.71. The molecule has 0 amide bonds. The van der Waals surface area contributed by atoms with Gasteiger partial charge in [0.2, 0.25) is 0 Å². The summed E-state index contributed by atoms with van der Waals surface area (Å²) in [5.74, 6) is 0. The second-order valence-corrected chi connectivity index (χ2v) is 7.19. The lowest BCUT2D eigenvalue weighted by Gasteiger charge is -2.06. The number of nitrogens with one attached hydrogen (secondary N) is 2. The molecule has 1 heterocycles. The number of hydrogen-bond donors (Lipinski definition) is 2. The van der Waals surface area contributed by atoms with Crippen LogP contribution in [0.1, 0.15) is 12.6 Å². The van der Waals surface area contributed by atoms with E-state index in [0.29, 0.717) is 12.2 Å². The lowest BCUT2D eigenvalue weighted by Crippen LogP contribution is -2.12. The Morgan fingerprint density at radius 2 is 1.90 bits per heavy atom. The standard InChI is InChI=1S/C14H18BrN3O2S/c1-3-18-10-14(8-13(18)9-16-2)21(19,20)17-12-6-4-11(15)5-7-12/h4-8,10,16-17H,3,9H2,1-2H3. The Morgan fingerprint density at radius 3 is 2.48 bits per heavy atom. The van der Waals surface area contributed by atoms with Crippen molar-refractivity contribution in [1.82, 2.24) is 9.88 Å². The fourth-order valence-corrected chi connectivity index (χ4v) is 3.41. The van der Waals surface area contributed by atoms with E-state index in [0.717, 1.165) is 16.7 Å². The lowest BCUT2D eigenvalue weighted by atomic mass is 10.3. The van der Waals surface area contributed by atoms with Crippen LogP contribution in [-0.4, -0.2) is 20.0 Å². The number of aromatic nitrogens is 1. The first-order valence-electron chi connectivity index (χ1n) is 6.58. The van der Waals surface area contributed by atoms with E-state index in [9.17, 15) is 8.42 Å². The first-order chi connectivity index (χ1) is 9.96. The van der Waals surface area contributed by atoms with E-state index in [4.69, 9.17) is 0 Å². The molecule has 5 nitrogen and oxygen atoms in total. The average molecular weight is 372 g/mol. The average Bonchev–Trinajstić information content (AvgIpc) is 2.86. The SMILES string of the molecule is CCn1cc(S(=O)(=O)Nc2ccc(Br)cc2)cc1CNC. The highest BCUT2D eigenvalue weighted by atomic mass is 79.9. The molecule has 0 radical (unpaired) electrons. The van der Waals surface area contributed by atoms with Crippen molar-refractivity contribution in [3.8, 4) is 0 Å². The molecule has 21 heavy (non-hydrogen) atoms. The van der Waals surface area contributed by atoms with E-state index >= 15 is 0 Å². The molecule has 0 spiro atoms. The molecule has 0 saturated carbocycles. The van der Waals surface area contributed by atoms with Crippen LogP contribution in [0.4, 0.5) is 5.69 Å². The molecule has 2 aromatic rings. The number of anilines is 1. The van der Waals surface area contributed by atoms with Crippen molar-refractivity contribution in [2.24, 2.45) is 0 Å². The molecule has 114 valence electrons. The zero-order valence-electron chi connectivity index (χ0n) is 11.9. The summed E-state index contributed by atoms with van der Waals surface area (Å²) >= 11 is 3.32. The third kappa shape index (κ3) is 3.87. The Balaban J connectivity index is 2.28. The zero-order chi connectivity index (χ0) is 15.5. The van der Waals surface area contributed by atoms with Crippen LogP contribution < -0.4 is 10.0 Å². The highest BCUT2D eigenvalue weighted by Crippen LogP contribution is 2.20. The molecule has 7 heteroatoms. The predicted octanol–water partition coefficient (Wildman–Crippen LogP) is 2.79. The summed E-state index contributed by atoms with van der Waals surface area (Å²) in [5, 5.41) is 3.04. The highest BCUT2D eigenvalue weighted by molar-refractivity contribution is 9.10. The van der Waals surface area contributed by atoms with Gasteiger partial charge in [0, 0.05) is 35.1 Å². The molecular formula is C14H18BrN3O2S. The van der Waals surface area contributed by atoms with Gasteiger partial charge in [0.05, 0.1) is 0 Å². The van der Waals surface area contributed by atoms with Gasteiger partial charge < -0.3 is 9.88 Å². The Kier molecular flexibility index (Phi) is 5.08. The third-order valence-corrected chi connectivity index (χ3v) is 4.94. The Hall–Kier alpha value is -1.31. The van der Waals surface area contributed by atoms with Gasteiger partial charge in [0.15, 0.2) is 0 Å². The van der Waals surface area contributed by atoms with Crippen LogP contribution in [0.15, 0.2) is 45.9 Å². The van der Waals surface area contributed by atoms with Gasteiger partial charge in [0.25, 0.3) is 10.0 Å². The first kappa shape index (κ1) is 16.1. The fraction of sp³-hybridized carbons (Fsp3) is 0.286. The van der Waals surface area contributed by atoms with Crippen molar-refractivity contribution < 1.29 is 8.42 Å². The Morgan fingerprint density at radius 1 is 1.24 bits per heavy atom.